The lowest BCUT2D eigenvalue weighted by molar-refractivity contribution is 0.118. The average Bonchev–Trinajstić information content (AvgIpc) is 2.60. The molecular weight excluding hydrogens is 223 g/mol. The second-order valence-electron chi connectivity index (χ2n) is 4.22. The summed E-state index contributed by atoms with van der Waals surface area (Å²) in [7, 11) is 0. The molecule has 1 saturated heterocycles. The highest BCUT2D eigenvalue weighted by Crippen LogP contribution is 2.35. The molecule has 0 amide bonds. The highest BCUT2D eigenvalue weighted by atomic mass is 32.2. The fourth-order valence-corrected chi connectivity index (χ4v) is 3.24. The Hall–Kier alpha value is -0.540. The van der Waals surface area contributed by atoms with Crippen LogP contribution in [0.4, 0.5) is 4.39 Å². The van der Waals surface area contributed by atoms with Crippen molar-refractivity contribution in [3.63, 3.8) is 0 Å². The van der Waals surface area contributed by atoms with Crippen LogP contribution in [0.3, 0.4) is 0 Å². The Morgan fingerprint density at radius 1 is 1.38 bits per heavy atom. The molecule has 1 fully saturated rings. The van der Waals surface area contributed by atoms with E-state index in [2.05, 4.69) is 0 Å². The third kappa shape index (κ3) is 3.22. The zero-order valence-electron chi connectivity index (χ0n) is 9.43. The largest absolute Gasteiger partial charge is 0.376 e. The van der Waals surface area contributed by atoms with Crippen molar-refractivity contribution in [1.82, 2.24) is 0 Å². The Bertz CT molecular complexity index is 307. The number of hydrogen-bond acceptors (Lipinski definition) is 2. The first-order valence-electron chi connectivity index (χ1n) is 5.67. The summed E-state index contributed by atoms with van der Waals surface area (Å²) in [4.78, 5) is 0. The summed E-state index contributed by atoms with van der Waals surface area (Å²) in [5, 5.41) is 0.457. The number of rotatable bonds is 4. The molecular formula is C13H17FOS. The van der Waals surface area contributed by atoms with Gasteiger partial charge in [0.05, 0.1) is 13.2 Å². The Labute approximate surface area is 100 Å². The minimum atomic E-state index is -0.657. The van der Waals surface area contributed by atoms with Gasteiger partial charge in [-0.3, -0.25) is 0 Å². The smallest absolute Gasteiger partial charge is 0.113 e. The molecule has 0 bridgehead atoms. The lowest BCUT2D eigenvalue weighted by Crippen LogP contribution is -2.10. The third-order valence-corrected chi connectivity index (χ3v) is 4.26. The summed E-state index contributed by atoms with van der Waals surface area (Å²) in [6.45, 7) is 3.24. The molecule has 1 aliphatic rings. The SMILES string of the molecule is CC1SC(COCc2ccccc2)CC1F. The van der Waals surface area contributed by atoms with Crippen LogP contribution in [0.25, 0.3) is 0 Å². The van der Waals surface area contributed by atoms with Gasteiger partial charge in [-0.05, 0) is 12.0 Å². The lowest BCUT2D eigenvalue weighted by atomic mass is 10.2. The molecule has 88 valence electrons. The molecule has 3 unspecified atom stereocenters. The van der Waals surface area contributed by atoms with Gasteiger partial charge in [0, 0.05) is 10.5 Å². The number of alkyl halides is 1. The van der Waals surface area contributed by atoms with Crippen LogP contribution in [-0.2, 0) is 11.3 Å². The van der Waals surface area contributed by atoms with Crippen molar-refractivity contribution >= 4 is 11.8 Å². The monoisotopic (exact) mass is 240 g/mol. The second-order valence-corrected chi connectivity index (χ2v) is 5.90. The second kappa shape index (κ2) is 5.69. The van der Waals surface area contributed by atoms with Crippen molar-refractivity contribution in [1.29, 1.82) is 0 Å². The van der Waals surface area contributed by atoms with Gasteiger partial charge in [0.25, 0.3) is 0 Å². The van der Waals surface area contributed by atoms with E-state index in [0.29, 0.717) is 24.9 Å². The quantitative estimate of drug-likeness (QED) is 0.797. The molecule has 16 heavy (non-hydrogen) atoms. The maximum Gasteiger partial charge on any atom is 0.113 e. The Kier molecular flexibility index (Phi) is 4.24. The maximum absolute atomic E-state index is 13.2. The first kappa shape index (κ1) is 11.9. The van der Waals surface area contributed by atoms with Gasteiger partial charge in [0.1, 0.15) is 6.17 Å². The van der Waals surface area contributed by atoms with E-state index in [9.17, 15) is 4.39 Å². The number of thioether (sulfide) groups is 1. The van der Waals surface area contributed by atoms with Gasteiger partial charge < -0.3 is 4.74 Å². The van der Waals surface area contributed by atoms with Crippen molar-refractivity contribution in [2.75, 3.05) is 6.61 Å². The molecule has 2 rings (SSSR count). The normalized spacial score (nSPS) is 29.5. The molecule has 0 spiro atoms. The molecule has 0 aliphatic carbocycles. The molecule has 0 saturated carbocycles. The zero-order valence-corrected chi connectivity index (χ0v) is 10.3. The number of benzene rings is 1. The van der Waals surface area contributed by atoms with Gasteiger partial charge in [0.2, 0.25) is 0 Å². The average molecular weight is 240 g/mol. The van der Waals surface area contributed by atoms with E-state index in [4.69, 9.17) is 4.74 Å². The van der Waals surface area contributed by atoms with E-state index in [0.717, 1.165) is 0 Å². The van der Waals surface area contributed by atoms with Crippen molar-refractivity contribution in [3.05, 3.63) is 35.9 Å². The molecule has 1 nitrogen and oxygen atoms in total. The molecule has 1 aromatic carbocycles. The Balaban J connectivity index is 1.69. The van der Waals surface area contributed by atoms with E-state index in [1.807, 2.05) is 37.3 Å². The molecule has 0 N–H and O–H groups in total. The van der Waals surface area contributed by atoms with E-state index < -0.39 is 6.17 Å². The van der Waals surface area contributed by atoms with Crippen LogP contribution in [0.5, 0.6) is 0 Å². The van der Waals surface area contributed by atoms with Crippen molar-refractivity contribution in [2.24, 2.45) is 0 Å². The minimum absolute atomic E-state index is 0.130. The van der Waals surface area contributed by atoms with Gasteiger partial charge in [-0.1, -0.05) is 37.3 Å². The topological polar surface area (TPSA) is 9.23 Å². The standard InChI is InChI=1S/C13H17FOS/c1-10-13(14)7-12(16-10)9-15-8-11-5-3-2-4-6-11/h2-6,10,12-13H,7-9H2,1H3. The summed E-state index contributed by atoms with van der Waals surface area (Å²) < 4.78 is 18.9. The van der Waals surface area contributed by atoms with Crippen LogP contribution in [0.2, 0.25) is 0 Å². The molecule has 0 aromatic heterocycles. The van der Waals surface area contributed by atoms with Gasteiger partial charge >= 0.3 is 0 Å². The van der Waals surface area contributed by atoms with E-state index in [-0.39, 0.29) is 5.25 Å². The zero-order chi connectivity index (χ0) is 11.4. The van der Waals surface area contributed by atoms with E-state index >= 15 is 0 Å². The predicted molar refractivity (Wildman–Crippen MR) is 66.5 cm³/mol. The molecule has 1 aromatic rings. The van der Waals surface area contributed by atoms with E-state index in [1.54, 1.807) is 11.8 Å². The molecule has 3 heteroatoms. The number of halogens is 1. The van der Waals surface area contributed by atoms with Crippen LogP contribution < -0.4 is 0 Å². The molecule has 1 aliphatic heterocycles. The number of hydrogen-bond donors (Lipinski definition) is 0. The predicted octanol–water partition coefficient (Wildman–Crippen LogP) is 3.44. The lowest BCUT2D eigenvalue weighted by Gasteiger charge is -2.09. The van der Waals surface area contributed by atoms with Gasteiger partial charge in [-0.2, -0.15) is 0 Å². The molecule has 1 heterocycles. The third-order valence-electron chi connectivity index (χ3n) is 2.82. The maximum atomic E-state index is 13.2. The molecule has 3 atom stereocenters. The fraction of sp³-hybridized carbons (Fsp3) is 0.538. The summed E-state index contributed by atoms with van der Waals surface area (Å²) in [6.07, 6.45) is -0.0176. The van der Waals surface area contributed by atoms with Crippen LogP contribution >= 0.6 is 11.8 Å². The van der Waals surface area contributed by atoms with E-state index in [1.165, 1.54) is 5.56 Å². The Morgan fingerprint density at radius 2 is 2.12 bits per heavy atom. The van der Waals surface area contributed by atoms with Gasteiger partial charge in [0.15, 0.2) is 0 Å². The van der Waals surface area contributed by atoms with Crippen LogP contribution in [0, 0.1) is 0 Å². The molecule has 0 radical (unpaired) electrons. The van der Waals surface area contributed by atoms with Gasteiger partial charge in [-0.15, -0.1) is 11.8 Å². The van der Waals surface area contributed by atoms with Crippen molar-refractivity contribution < 1.29 is 9.13 Å². The first-order valence-corrected chi connectivity index (χ1v) is 6.61. The van der Waals surface area contributed by atoms with Gasteiger partial charge in [-0.25, -0.2) is 4.39 Å². The minimum Gasteiger partial charge on any atom is -0.376 e. The highest BCUT2D eigenvalue weighted by molar-refractivity contribution is 8.00. The highest BCUT2D eigenvalue weighted by Gasteiger charge is 2.31. The fourth-order valence-electron chi connectivity index (χ4n) is 1.88. The Morgan fingerprint density at radius 3 is 2.75 bits per heavy atom. The number of ether oxygens (including phenoxy) is 1. The first-order chi connectivity index (χ1) is 7.75. The summed E-state index contributed by atoms with van der Waals surface area (Å²) >= 11 is 1.71. The summed E-state index contributed by atoms with van der Waals surface area (Å²) in [6, 6.07) is 10.1. The van der Waals surface area contributed by atoms with Crippen LogP contribution in [0.1, 0.15) is 18.9 Å². The van der Waals surface area contributed by atoms with Crippen LogP contribution in [-0.4, -0.2) is 23.3 Å². The summed E-state index contributed by atoms with van der Waals surface area (Å²) in [5.41, 5.74) is 1.18. The van der Waals surface area contributed by atoms with Crippen LogP contribution in [0.15, 0.2) is 30.3 Å². The summed E-state index contributed by atoms with van der Waals surface area (Å²) in [5.74, 6) is 0. The van der Waals surface area contributed by atoms with Crippen molar-refractivity contribution in [3.8, 4) is 0 Å². The van der Waals surface area contributed by atoms with Crippen molar-refractivity contribution in [2.45, 2.75) is 36.6 Å².